The number of hydrogen-bond acceptors (Lipinski definition) is 2. The van der Waals surface area contributed by atoms with Crippen LogP contribution in [0.25, 0.3) is 0 Å². The molecule has 0 aromatic heterocycles. The van der Waals surface area contributed by atoms with Gasteiger partial charge in [0.25, 0.3) is 0 Å². The van der Waals surface area contributed by atoms with Crippen molar-refractivity contribution in [2.75, 3.05) is 5.75 Å². The minimum Gasteiger partial charge on any atom is -0.224 e. The van der Waals surface area contributed by atoms with E-state index in [1.165, 1.54) is 0 Å². The summed E-state index contributed by atoms with van der Waals surface area (Å²) in [5.74, 6) is 0.207. The molecule has 16 heavy (non-hydrogen) atoms. The first-order chi connectivity index (χ1) is 7.45. The van der Waals surface area contributed by atoms with Gasteiger partial charge in [0.15, 0.2) is 9.84 Å². The highest BCUT2D eigenvalue weighted by Crippen LogP contribution is 2.15. The van der Waals surface area contributed by atoms with Crippen LogP contribution in [0.1, 0.15) is 25.8 Å². The maximum atomic E-state index is 11.7. The summed E-state index contributed by atoms with van der Waals surface area (Å²) in [5.41, 5.74) is 1.07. The summed E-state index contributed by atoms with van der Waals surface area (Å²) in [6.07, 6.45) is 1.40. The summed E-state index contributed by atoms with van der Waals surface area (Å²) >= 11 is 5.87. The van der Waals surface area contributed by atoms with Gasteiger partial charge in [-0.15, -0.1) is 11.6 Å². The van der Waals surface area contributed by atoms with Gasteiger partial charge in [0.1, 0.15) is 0 Å². The van der Waals surface area contributed by atoms with Crippen LogP contribution in [0, 0.1) is 0 Å². The van der Waals surface area contributed by atoms with Crippen molar-refractivity contribution in [2.45, 2.75) is 37.0 Å². The average Bonchev–Trinajstić information content (AvgIpc) is 2.17. The molecule has 0 spiro atoms. The van der Waals surface area contributed by atoms with E-state index in [-0.39, 0.29) is 11.1 Å². The molecule has 0 amide bonds. The first kappa shape index (κ1) is 13.5. The van der Waals surface area contributed by atoms with Gasteiger partial charge in [-0.25, -0.2) is 8.42 Å². The lowest BCUT2D eigenvalue weighted by Crippen LogP contribution is -2.06. The Bertz CT molecular complexity index is 421. The molecule has 0 aliphatic heterocycles. The van der Waals surface area contributed by atoms with E-state index in [9.17, 15) is 8.42 Å². The highest BCUT2D eigenvalue weighted by atomic mass is 35.5. The molecule has 0 aliphatic carbocycles. The Morgan fingerprint density at radius 3 is 2.25 bits per heavy atom. The lowest BCUT2D eigenvalue weighted by Gasteiger charge is -2.06. The van der Waals surface area contributed by atoms with Gasteiger partial charge in [-0.2, -0.15) is 0 Å². The third-order valence-electron chi connectivity index (χ3n) is 2.27. The molecule has 1 aromatic rings. The molecule has 0 radical (unpaired) electrons. The van der Waals surface area contributed by atoms with Gasteiger partial charge < -0.3 is 0 Å². The van der Waals surface area contributed by atoms with Gasteiger partial charge in [-0.05, 0) is 37.5 Å². The zero-order valence-electron chi connectivity index (χ0n) is 9.61. The molecule has 2 nitrogen and oxygen atoms in total. The number of hydrogen-bond donors (Lipinski definition) is 0. The van der Waals surface area contributed by atoms with E-state index in [1.807, 2.05) is 26.0 Å². The Hall–Kier alpha value is -0.540. The molecule has 1 aromatic carbocycles. The molecule has 0 aliphatic rings. The lowest BCUT2D eigenvalue weighted by atomic mass is 10.1. The Kier molecular flexibility index (Phi) is 4.81. The number of rotatable bonds is 5. The van der Waals surface area contributed by atoms with Gasteiger partial charge in [-0.1, -0.05) is 19.1 Å². The van der Waals surface area contributed by atoms with Crippen molar-refractivity contribution in [2.24, 2.45) is 0 Å². The minimum atomic E-state index is -3.09. The molecule has 0 saturated carbocycles. The lowest BCUT2D eigenvalue weighted by molar-refractivity contribution is 0.594. The predicted molar refractivity (Wildman–Crippen MR) is 67.8 cm³/mol. The van der Waals surface area contributed by atoms with Crippen LogP contribution in [0.5, 0.6) is 0 Å². The summed E-state index contributed by atoms with van der Waals surface area (Å²) < 4.78 is 23.5. The van der Waals surface area contributed by atoms with Crippen LogP contribution >= 0.6 is 11.6 Å². The highest BCUT2D eigenvalue weighted by Gasteiger charge is 2.12. The third-order valence-corrected chi connectivity index (χ3v) is 4.36. The van der Waals surface area contributed by atoms with Crippen molar-refractivity contribution in [1.29, 1.82) is 0 Å². The maximum Gasteiger partial charge on any atom is 0.178 e. The topological polar surface area (TPSA) is 34.1 Å². The normalized spacial score (nSPS) is 13.7. The van der Waals surface area contributed by atoms with E-state index < -0.39 is 9.84 Å². The summed E-state index contributed by atoms with van der Waals surface area (Å²) in [4.78, 5) is 0.403. The molecule has 4 heteroatoms. The van der Waals surface area contributed by atoms with Crippen LogP contribution in [0.2, 0.25) is 0 Å². The quantitative estimate of drug-likeness (QED) is 0.763. The molecule has 1 unspecified atom stereocenters. The molecule has 0 fully saturated rings. The maximum absolute atomic E-state index is 11.7. The van der Waals surface area contributed by atoms with Gasteiger partial charge in [0, 0.05) is 5.38 Å². The average molecular weight is 261 g/mol. The zero-order valence-corrected chi connectivity index (χ0v) is 11.2. The van der Waals surface area contributed by atoms with Crippen LogP contribution in [0.4, 0.5) is 0 Å². The summed E-state index contributed by atoms with van der Waals surface area (Å²) in [6.45, 7) is 3.78. The van der Waals surface area contributed by atoms with E-state index in [0.717, 1.165) is 12.0 Å². The fraction of sp³-hybridized carbons (Fsp3) is 0.500. The monoisotopic (exact) mass is 260 g/mol. The van der Waals surface area contributed by atoms with Crippen molar-refractivity contribution in [3.63, 3.8) is 0 Å². The van der Waals surface area contributed by atoms with E-state index in [2.05, 4.69) is 0 Å². The van der Waals surface area contributed by atoms with E-state index in [4.69, 9.17) is 11.6 Å². The van der Waals surface area contributed by atoms with E-state index in [1.54, 1.807) is 12.1 Å². The molecule has 0 bridgehead atoms. The van der Waals surface area contributed by atoms with Crippen molar-refractivity contribution >= 4 is 21.4 Å². The van der Waals surface area contributed by atoms with Crippen LogP contribution in [0.15, 0.2) is 29.2 Å². The Morgan fingerprint density at radius 2 is 1.81 bits per heavy atom. The van der Waals surface area contributed by atoms with Crippen molar-refractivity contribution in [3.8, 4) is 0 Å². The second-order valence-electron chi connectivity index (χ2n) is 3.95. The molecule has 90 valence electrons. The van der Waals surface area contributed by atoms with Gasteiger partial charge in [0.05, 0.1) is 10.6 Å². The Labute approximate surface area is 103 Å². The number of sulfone groups is 1. The number of alkyl halides is 1. The molecule has 0 saturated heterocycles. The summed E-state index contributed by atoms with van der Waals surface area (Å²) in [5, 5.41) is 0.0677. The highest BCUT2D eigenvalue weighted by molar-refractivity contribution is 7.91. The molecular formula is C12H17ClO2S. The Morgan fingerprint density at radius 1 is 1.25 bits per heavy atom. The second-order valence-corrected chi connectivity index (χ2v) is 6.80. The number of halogens is 1. The van der Waals surface area contributed by atoms with E-state index in [0.29, 0.717) is 11.3 Å². The van der Waals surface area contributed by atoms with Crippen LogP contribution in [-0.2, 0) is 16.3 Å². The van der Waals surface area contributed by atoms with Crippen LogP contribution in [-0.4, -0.2) is 19.5 Å². The standard InChI is InChI=1S/C12H17ClO2S/c1-3-8-16(14,15)12-6-4-11(5-7-12)9-10(2)13/h4-7,10H,3,8-9H2,1-2H3. The summed E-state index contributed by atoms with van der Waals surface area (Å²) in [7, 11) is -3.09. The first-order valence-corrected chi connectivity index (χ1v) is 7.50. The molecule has 0 N–H and O–H groups in total. The predicted octanol–water partition coefficient (Wildman–Crippen LogP) is 3.04. The van der Waals surface area contributed by atoms with Crippen molar-refractivity contribution < 1.29 is 8.42 Å². The van der Waals surface area contributed by atoms with Gasteiger partial charge in [0.2, 0.25) is 0 Å². The van der Waals surface area contributed by atoms with Crippen LogP contribution in [0.3, 0.4) is 0 Å². The van der Waals surface area contributed by atoms with Crippen LogP contribution < -0.4 is 0 Å². The SMILES string of the molecule is CCCS(=O)(=O)c1ccc(CC(C)Cl)cc1. The van der Waals surface area contributed by atoms with E-state index >= 15 is 0 Å². The first-order valence-electron chi connectivity index (χ1n) is 5.41. The molecule has 0 heterocycles. The Balaban J connectivity index is 2.87. The fourth-order valence-electron chi connectivity index (χ4n) is 1.54. The molecule has 1 atom stereocenters. The third kappa shape index (κ3) is 3.80. The van der Waals surface area contributed by atoms with Gasteiger partial charge >= 0.3 is 0 Å². The minimum absolute atomic E-state index is 0.0677. The largest absolute Gasteiger partial charge is 0.224 e. The van der Waals surface area contributed by atoms with Gasteiger partial charge in [-0.3, -0.25) is 0 Å². The molecule has 1 rings (SSSR count). The zero-order chi connectivity index (χ0) is 12.2. The summed E-state index contributed by atoms with van der Waals surface area (Å²) in [6, 6.07) is 7.00. The fourth-order valence-corrected chi connectivity index (χ4v) is 3.05. The number of benzene rings is 1. The smallest absolute Gasteiger partial charge is 0.178 e. The molecular weight excluding hydrogens is 244 g/mol. The second kappa shape index (κ2) is 5.69. The van der Waals surface area contributed by atoms with Crippen molar-refractivity contribution in [3.05, 3.63) is 29.8 Å². The van der Waals surface area contributed by atoms with Crippen molar-refractivity contribution in [1.82, 2.24) is 0 Å².